The molecule has 1 aliphatic carbocycles. The highest BCUT2D eigenvalue weighted by atomic mass is 16.3. The van der Waals surface area contributed by atoms with Crippen LogP contribution in [0.5, 0.6) is 5.75 Å². The van der Waals surface area contributed by atoms with E-state index in [1.807, 2.05) is 10.6 Å². The number of aliphatic imine (C=N–C) groups is 1. The quantitative estimate of drug-likeness (QED) is 0.301. The van der Waals surface area contributed by atoms with Gasteiger partial charge in [-0.25, -0.2) is 9.79 Å². The molecule has 0 aromatic heterocycles. The zero-order chi connectivity index (χ0) is 22.9. The number of urea groups is 1. The number of benzene rings is 1. The molecule has 2 aliphatic rings. The van der Waals surface area contributed by atoms with Crippen LogP contribution in [0.2, 0.25) is 0 Å². The lowest BCUT2D eigenvalue weighted by atomic mass is 9.68. The third-order valence-corrected chi connectivity index (χ3v) is 4.51. The van der Waals surface area contributed by atoms with Crippen molar-refractivity contribution in [1.29, 1.82) is 0 Å². The van der Waals surface area contributed by atoms with Gasteiger partial charge in [0.05, 0.1) is 5.71 Å². The molecule has 1 aliphatic heterocycles. The number of hydrogen-bond donors (Lipinski definition) is 4. The van der Waals surface area contributed by atoms with E-state index in [4.69, 9.17) is 0 Å². The Bertz CT molecular complexity index is 1140. The molecule has 1 saturated heterocycles. The maximum Gasteiger partial charge on any atom is 0.328 e. The van der Waals surface area contributed by atoms with Crippen molar-refractivity contribution in [1.82, 2.24) is 10.6 Å². The summed E-state index contributed by atoms with van der Waals surface area (Å²) in [7, 11) is 0. The zero-order valence-electron chi connectivity index (χ0n) is 16.3. The van der Waals surface area contributed by atoms with E-state index in [1.165, 1.54) is 26.0 Å². The van der Waals surface area contributed by atoms with Gasteiger partial charge in [-0.15, -0.1) is 0 Å². The van der Waals surface area contributed by atoms with Crippen LogP contribution in [0, 0.1) is 0 Å². The minimum absolute atomic E-state index is 0.0171. The standard InChI is InChI=1S/C20H16N4O7/c1-9(25)21-11-3-5-15(27)13(7-11)20(17(29)23-19(31)24-18(20)30)14-8-12(22-10(2)26)4-6-16(14)28/h3-8,27H,1-2H3,(H,21,25)(H2,23,24,29,30,31). The first-order valence-electron chi connectivity index (χ1n) is 8.87. The van der Waals surface area contributed by atoms with Crippen LogP contribution in [0.15, 0.2) is 47.0 Å². The number of amides is 6. The van der Waals surface area contributed by atoms with Crippen LogP contribution in [0.3, 0.4) is 0 Å². The molecule has 0 unspecified atom stereocenters. The number of nitrogens with zero attached hydrogens (tertiary/aromatic N) is 1. The van der Waals surface area contributed by atoms with Gasteiger partial charge in [0, 0.05) is 30.7 Å². The van der Waals surface area contributed by atoms with Gasteiger partial charge in [-0.05, 0) is 36.4 Å². The molecule has 1 heterocycles. The maximum absolute atomic E-state index is 13.1. The highest BCUT2D eigenvalue weighted by Gasteiger charge is 2.57. The minimum Gasteiger partial charge on any atom is -0.508 e. The summed E-state index contributed by atoms with van der Waals surface area (Å²) in [5.41, 5.74) is -3.22. The Hall–Kier alpha value is -4.41. The van der Waals surface area contributed by atoms with Crippen molar-refractivity contribution in [2.75, 3.05) is 5.32 Å². The van der Waals surface area contributed by atoms with Gasteiger partial charge in [0.25, 0.3) is 11.8 Å². The van der Waals surface area contributed by atoms with Crippen molar-refractivity contribution in [2.45, 2.75) is 19.3 Å². The lowest BCUT2D eigenvalue weighted by Crippen LogP contribution is -2.66. The Morgan fingerprint density at radius 3 is 2.26 bits per heavy atom. The van der Waals surface area contributed by atoms with Gasteiger partial charge >= 0.3 is 6.03 Å². The molecule has 31 heavy (non-hydrogen) atoms. The van der Waals surface area contributed by atoms with E-state index in [1.54, 1.807) is 0 Å². The lowest BCUT2D eigenvalue weighted by molar-refractivity contribution is -0.138. The summed E-state index contributed by atoms with van der Waals surface area (Å²) in [5.74, 6) is -4.80. The first-order valence-corrected chi connectivity index (χ1v) is 8.87. The summed E-state index contributed by atoms with van der Waals surface area (Å²) in [6, 6.07) is 2.46. The lowest BCUT2D eigenvalue weighted by Gasteiger charge is -2.36. The fourth-order valence-electron chi connectivity index (χ4n) is 3.34. The molecule has 0 spiro atoms. The first kappa shape index (κ1) is 21.3. The number of rotatable bonds is 3. The minimum atomic E-state index is -2.51. The molecule has 0 radical (unpaired) electrons. The van der Waals surface area contributed by atoms with Crippen LogP contribution < -0.4 is 16.0 Å². The number of phenols is 1. The predicted octanol–water partition coefficient (Wildman–Crippen LogP) is 0.00720. The van der Waals surface area contributed by atoms with Gasteiger partial charge in [-0.2, -0.15) is 0 Å². The van der Waals surface area contributed by atoms with Crippen molar-refractivity contribution in [3.63, 3.8) is 0 Å². The molecule has 1 aromatic rings. The van der Waals surface area contributed by atoms with Crippen LogP contribution in [0.4, 0.5) is 10.5 Å². The van der Waals surface area contributed by atoms with E-state index in [2.05, 4.69) is 10.3 Å². The van der Waals surface area contributed by atoms with E-state index < -0.39 is 52.2 Å². The van der Waals surface area contributed by atoms with Crippen LogP contribution in [-0.4, -0.2) is 46.3 Å². The number of allylic oxidation sites excluding steroid dienone is 3. The number of ketones is 1. The Labute approximate surface area is 174 Å². The average Bonchev–Trinajstić information content (AvgIpc) is 2.65. The molecule has 6 amide bonds. The zero-order valence-corrected chi connectivity index (χ0v) is 16.3. The molecular weight excluding hydrogens is 408 g/mol. The van der Waals surface area contributed by atoms with Gasteiger partial charge in [-0.1, -0.05) is 0 Å². The molecule has 1 fully saturated rings. The summed E-state index contributed by atoms with van der Waals surface area (Å²) in [6.07, 6.45) is 3.28. The summed E-state index contributed by atoms with van der Waals surface area (Å²) in [5, 5.41) is 16.8. The second kappa shape index (κ2) is 7.78. The Balaban J connectivity index is 2.35. The monoisotopic (exact) mass is 424 g/mol. The topological polar surface area (TPSA) is 171 Å². The van der Waals surface area contributed by atoms with E-state index in [0.29, 0.717) is 0 Å². The van der Waals surface area contributed by atoms with Gasteiger partial charge in [0.1, 0.15) is 5.75 Å². The Morgan fingerprint density at radius 2 is 1.68 bits per heavy atom. The van der Waals surface area contributed by atoms with Crippen molar-refractivity contribution in [3.05, 3.63) is 47.6 Å². The van der Waals surface area contributed by atoms with Crippen LogP contribution in [-0.2, 0) is 29.4 Å². The fourth-order valence-corrected chi connectivity index (χ4v) is 3.34. The molecule has 11 nitrogen and oxygen atoms in total. The molecule has 0 bridgehead atoms. The molecular formula is C20H16N4O7. The molecule has 1 aromatic carbocycles. The number of anilines is 1. The van der Waals surface area contributed by atoms with E-state index in [9.17, 15) is 33.9 Å². The van der Waals surface area contributed by atoms with E-state index in [0.717, 1.165) is 24.3 Å². The average molecular weight is 424 g/mol. The van der Waals surface area contributed by atoms with Crippen LogP contribution >= 0.6 is 0 Å². The second-order valence-corrected chi connectivity index (χ2v) is 6.71. The molecule has 4 N–H and O–H groups in total. The normalized spacial score (nSPS) is 18.9. The number of hydrogen-bond acceptors (Lipinski definition) is 7. The fraction of sp³-hybridized carbons (Fsp3) is 0.150. The number of barbiturate groups is 1. The van der Waals surface area contributed by atoms with Crippen molar-refractivity contribution >= 4 is 46.8 Å². The number of carbonyl (C=O) groups is 6. The van der Waals surface area contributed by atoms with Gasteiger partial charge in [0.2, 0.25) is 11.8 Å². The third-order valence-electron chi connectivity index (χ3n) is 4.51. The highest BCUT2D eigenvalue weighted by molar-refractivity contribution is 6.33. The number of phenolic OH excluding ortho intramolecular Hbond substituents is 1. The molecule has 0 atom stereocenters. The third kappa shape index (κ3) is 3.75. The predicted molar refractivity (Wildman–Crippen MR) is 106 cm³/mol. The van der Waals surface area contributed by atoms with E-state index >= 15 is 0 Å². The molecule has 0 saturated carbocycles. The molecule has 158 valence electrons. The number of imide groups is 2. The van der Waals surface area contributed by atoms with Gasteiger partial charge < -0.3 is 10.4 Å². The van der Waals surface area contributed by atoms with Crippen LogP contribution in [0.25, 0.3) is 0 Å². The van der Waals surface area contributed by atoms with Crippen molar-refractivity contribution in [2.24, 2.45) is 4.99 Å². The highest BCUT2D eigenvalue weighted by Crippen LogP contribution is 2.42. The van der Waals surface area contributed by atoms with Crippen molar-refractivity contribution in [3.8, 4) is 5.75 Å². The van der Waals surface area contributed by atoms with Gasteiger partial charge in [0.15, 0.2) is 11.2 Å². The SMILES string of the molecule is CC(=O)N=C1C=CC(=O)C(C2(c3cc(NC(C)=O)ccc3O)C(=O)NC(=O)NC2=O)=C1. The number of carbonyl (C=O) groups excluding carboxylic acids is 6. The van der Waals surface area contributed by atoms with Gasteiger partial charge in [-0.3, -0.25) is 34.6 Å². The first-order chi connectivity index (χ1) is 14.5. The molecule has 11 heteroatoms. The second-order valence-electron chi connectivity index (χ2n) is 6.71. The Morgan fingerprint density at radius 1 is 1.03 bits per heavy atom. The number of nitrogens with one attached hydrogen (secondary N) is 3. The van der Waals surface area contributed by atoms with E-state index in [-0.39, 0.29) is 17.0 Å². The maximum atomic E-state index is 13.1. The summed E-state index contributed by atoms with van der Waals surface area (Å²) in [4.78, 5) is 77.1. The summed E-state index contributed by atoms with van der Waals surface area (Å²) in [6.45, 7) is 2.39. The molecule has 3 rings (SSSR count). The summed E-state index contributed by atoms with van der Waals surface area (Å²) >= 11 is 0. The summed E-state index contributed by atoms with van der Waals surface area (Å²) < 4.78 is 0. The Kier molecular flexibility index (Phi) is 5.35. The van der Waals surface area contributed by atoms with Crippen molar-refractivity contribution < 1.29 is 33.9 Å². The smallest absolute Gasteiger partial charge is 0.328 e. The largest absolute Gasteiger partial charge is 0.508 e. The van der Waals surface area contributed by atoms with Crippen LogP contribution in [0.1, 0.15) is 19.4 Å². The number of aromatic hydroxyl groups is 1.